The Kier molecular flexibility index (Phi) is 5.07. The fourth-order valence-corrected chi connectivity index (χ4v) is 2.95. The van der Waals surface area contributed by atoms with Crippen LogP contribution in [0.5, 0.6) is 0 Å². The molecule has 1 aromatic heterocycles. The number of aliphatic hydroxyl groups is 1. The number of halogens is 1. The Morgan fingerprint density at radius 3 is 2.75 bits per heavy atom. The molecular weight excluding hydrogens is 278 g/mol. The number of aromatic nitrogens is 2. The Labute approximate surface area is 125 Å². The molecule has 0 aliphatic heterocycles. The van der Waals surface area contributed by atoms with E-state index in [-0.39, 0.29) is 5.60 Å². The van der Waals surface area contributed by atoms with Crippen molar-refractivity contribution in [3.05, 3.63) is 16.9 Å². The summed E-state index contributed by atoms with van der Waals surface area (Å²) in [4.78, 5) is 2.08. The maximum Gasteiger partial charge on any atom is 0.0999 e. The second-order valence-corrected chi connectivity index (χ2v) is 6.27. The minimum atomic E-state index is -0.632. The van der Waals surface area contributed by atoms with E-state index in [0.717, 1.165) is 25.8 Å². The van der Waals surface area contributed by atoms with Gasteiger partial charge in [0.1, 0.15) is 0 Å². The van der Waals surface area contributed by atoms with Crippen LogP contribution in [0.1, 0.15) is 37.5 Å². The van der Waals surface area contributed by atoms with Crippen LogP contribution >= 0.6 is 11.6 Å². The number of methoxy groups -OCH3 is 1. The number of hydrogen-bond donors (Lipinski definition) is 1. The van der Waals surface area contributed by atoms with Crippen LogP contribution < -0.4 is 0 Å². The number of likely N-dealkylation sites (N-methyl/N-ethyl adjacent to an activating group) is 1. The van der Waals surface area contributed by atoms with Gasteiger partial charge in [0.05, 0.1) is 35.2 Å². The van der Waals surface area contributed by atoms with Crippen molar-refractivity contribution in [1.29, 1.82) is 0 Å². The molecule has 0 radical (unpaired) electrons. The Hall–Kier alpha value is -0.620. The van der Waals surface area contributed by atoms with Crippen molar-refractivity contribution in [2.75, 3.05) is 27.7 Å². The van der Waals surface area contributed by atoms with Crippen molar-refractivity contribution in [3.8, 4) is 0 Å². The highest BCUT2D eigenvalue weighted by molar-refractivity contribution is 6.31. The van der Waals surface area contributed by atoms with Crippen LogP contribution in [0.15, 0.2) is 6.20 Å². The summed E-state index contributed by atoms with van der Waals surface area (Å²) in [5, 5.41) is 15.3. The quantitative estimate of drug-likeness (QED) is 0.838. The summed E-state index contributed by atoms with van der Waals surface area (Å²) in [6.45, 7) is 1.57. The Morgan fingerprint density at radius 2 is 2.25 bits per heavy atom. The van der Waals surface area contributed by atoms with Crippen LogP contribution in [0.4, 0.5) is 0 Å². The summed E-state index contributed by atoms with van der Waals surface area (Å²) < 4.78 is 7.38. The molecule has 5 nitrogen and oxygen atoms in total. The van der Waals surface area contributed by atoms with Crippen molar-refractivity contribution in [2.45, 2.75) is 43.9 Å². The fourth-order valence-electron chi connectivity index (χ4n) is 2.69. The number of rotatable bonds is 7. The average Bonchev–Trinajstić information content (AvgIpc) is 2.72. The summed E-state index contributed by atoms with van der Waals surface area (Å²) in [7, 11) is 5.74. The van der Waals surface area contributed by atoms with E-state index in [1.807, 2.05) is 14.1 Å². The van der Waals surface area contributed by atoms with Crippen molar-refractivity contribution >= 4 is 11.6 Å². The van der Waals surface area contributed by atoms with Gasteiger partial charge in [0, 0.05) is 20.1 Å². The smallest absolute Gasteiger partial charge is 0.0999 e. The van der Waals surface area contributed by atoms with Gasteiger partial charge in [-0.2, -0.15) is 5.10 Å². The first-order chi connectivity index (χ1) is 9.47. The van der Waals surface area contributed by atoms with Gasteiger partial charge in [0.15, 0.2) is 0 Å². The molecule has 0 aromatic carbocycles. The van der Waals surface area contributed by atoms with Gasteiger partial charge < -0.3 is 14.7 Å². The zero-order valence-corrected chi connectivity index (χ0v) is 13.2. The summed E-state index contributed by atoms with van der Waals surface area (Å²) in [5.74, 6) is 0. The minimum absolute atomic E-state index is 0.181. The third-order valence-electron chi connectivity index (χ3n) is 4.17. The Bertz CT molecular complexity index is 438. The van der Waals surface area contributed by atoms with Crippen LogP contribution in [0.3, 0.4) is 0 Å². The molecule has 0 bridgehead atoms. The number of nitrogens with zero attached hydrogens (tertiary/aromatic N) is 3. The van der Waals surface area contributed by atoms with Crippen molar-refractivity contribution in [3.63, 3.8) is 0 Å². The van der Waals surface area contributed by atoms with Gasteiger partial charge >= 0.3 is 0 Å². The first-order valence-electron chi connectivity index (χ1n) is 7.06. The molecule has 1 aliphatic rings. The second kappa shape index (κ2) is 6.43. The second-order valence-electron chi connectivity index (χ2n) is 5.86. The summed E-state index contributed by atoms with van der Waals surface area (Å²) in [6.07, 6.45) is 4.72. The first kappa shape index (κ1) is 15.8. The summed E-state index contributed by atoms with van der Waals surface area (Å²) in [6, 6.07) is 0. The van der Waals surface area contributed by atoms with E-state index < -0.39 is 6.10 Å². The number of aliphatic hydroxyl groups excluding tert-OH is 1. The number of hydrogen-bond acceptors (Lipinski definition) is 4. The largest absolute Gasteiger partial charge is 0.387 e. The maximum atomic E-state index is 10.5. The predicted octanol–water partition coefficient (Wildman–Crippen LogP) is 2.09. The van der Waals surface area contributed by atoms with E-state index >= 15 is 0 Å². The molecular formula is C14H24ClN3O2. The standard InChI is InChI=1S/C14H24ClN3O2/c1-17(2)7-8-18-13(11(15)10-16-18)12(19)9-14(20-3)5-4-6-14/h10,12,19H,4-9H2,1-3H3. The van der Waals surface area contributed by atoms with E-state index in [2.05, 4.69) is 10.00 Å². The zero-order chi connectivity index (χ0) is 14.8. The normalized spacial score (nSPS) is 19.1. The van der Waals surface area contributed by atoms with Crippen LogP contribution in [0, 0.1) is 0 Å². The lowest BCUT2D eigenvalue weighted by atomic mass is 9.76. The highest BCUT2D eigenvalue weighted by Gasteiger charge is 2.40. The van der Waals surface area contributed by atoms with Gasteiger partial charge in [-0.25, -0.2) is 0 Å². The average molecular weight is 302 g/mol. The van der Waals surface area contributed by atoms with Crippen molar-refractivity contribution < 1.29 is 9.84 Å². The van der Waals surface area contributed by atoms with Crippen molar-refractivity contribution in [1.82, 2.24) is 14.7 Å². The third kappa shape index (κ3) is 3.34. The van der Waals surface area contributed by atoms with E-state index in [4.69, 9.17) is 16.3 Å². The molecule has 0 amide bonds. The fraction of sp³-hybridized carbons (Fsp3) is 0.786. The molecule has 1 unspecified atom stereocenters. The lowest BCUT2D eigenvalue weighted by Gasteiger charge is -2.41. The lowest BCUT2D eigenvalue weighted by Crippen LogP contribution is -2.40. The molecule has 2 rings (SSSR count). The van der Waals surface area contributed by atoms with Gasteiger partial charge in [-0.3, -0.25) is 4.68 Å². The first-order valence-corrected chi connectivity index (χ1v) is 7.44. The van der Waals surface area contributed by atoms with Crippen LogP contribution in [0.2, 0.25) is 5.02 Å². The van der Waals surface area contributed by atoms with Crippen LogP contribution in [-0.4, -0.2) is 53.1 Å². The molecule has 1 aliphatic carbocycles. The summed E-state index contributed by atoms with van der Waals surface area (Å²) in [5.41, 5.74) is 0.524. The van der Waals surface area contributed by atoms with Crippen LogP contribution in [0.25, 0.3) is 0 Å². The van der Waals surface area contributed by atoms with E-state index in [9.17, 15) is 5.11 Å². The van der Waals surface area contributed by atoms with Crippen molar-refractivity contribution in [2.24, 2.45) is 0 Å². The Balaban J connectivity index is 2.08. The SMILES string of the molecule is COC1(CC(O)c2c(Cl)cnn2CCN(C)C)CCC1. The highest BCUT2D eigenvalue weighted by atomic mass is 35.5. The van der Waals surface area contributed by atoms with Gasteiger partial charge in [-0.15, -0.1) is 0 Å². The molecule has 6 heteroatoms. The molecule has 1 atom stereocenters. The molecule has 0 saturated heterocycles. The van der Waals surface area contributed by atoms with Gasteiger partial charge in [-0.1, -0.05) is 11.6 Å². The van der Waals surface area contributed by atoms with E-state index in [1.54, 1.807) is 18.0 Å². The molecule has 1 heterocycles. The van der Waals surface area contributed by atoms with E-state index in [0.29, 0.717) is 23.7 Å². The number of ether oxygens (including phenoxy) is 1. The van der Waals surface area contributed by atoms with E-state index in [1.165, 1.54) is 0 Å². The Morgan fingerprint density at radius 1 is 1.55 bits per heavy atom. The lowest BCUT2D eigenvalue weighted by molar-refractivity contribution is -0.101. The molecule has 1 fully saturated rings. The predicted molar refractivity (Wildman–Crippen MR) is 79.0 cm³/mol. The maximum absolute atomic E-state index is 10.5. The molecule has 1 saturated carbocycles. The highest BCUT2D eigenvalue weighted by Crippen LogP contribution is 2.42. The van der Waals surface area contributed by atoms with Gasteiger partial charge in [0.25, 0.3) is 0 Å². The topological polar surface area (TPSA) is 50.5 Å². The molecule has 114 valence electrons. The third-order valence-corrected chi connectivity index (χ3v) is 4.46. The monoisotopic (exact) mass is 301 g/mol. The minimum Gasteiger partial charge on any atom is -0.387 e. The van der Waals surface area contributed by atoms with Gasteiger partial charge in [0.2, 0.25) is 0 Å². The molecule has 0 spiro atoms. The zero-order valence-electron chi connectivity index (χ0n) is 12.5. The summed E-state index contributed by atoms with van der Waals surface area (Å²) >= 11 is 6.19. The van der Waals surface area contributed by atoms with Crippen LogP contribution in [-0.2, 0) is 11.3 Å². The van der Waals surface area contributed by atoms with Gasteiger partial charge in [-0.05, 0) is 33.4 Å². The molecule has 1 N–H and O–H groups in total. The molecule has 1 aromatic rings. The molecule has 20 heavy (non-hydrogen) atoms.